The number of ether oxygens (including phenoxy) is 1. The van der Waals surface area contributed by atoms with E-state index in [1.165, 1.54) is 135 Å². The molecule has 0 spiro atoms. The Bertz CT molecular complexity index is 875. The monoisotopic (exact) mass is 748 g/mol. The average molecular weight is 748 g/mol. The minimum Gasteiger partial charge on any atom is -0.465 e. The molecule has 7 nitrogen and oxygen atoms in total. The highest BCUT2D eigenvalue weighted by molar-refractivity contribution is 5.90. The molecule has 2 atom stereocenters. The molecule has 7 heteroatoms. The van der Waals surface area contributed by atoms with Gasteiger partial charge in [0, 0.05) is 12.5 Å². The molecule has 1 saturated heterocycles. The van der Waals surface area contributed by atoms with Crippen LogP contribution in [0.5, 0.6) is 0 Å². The smallest absolute Gasteiger partial charge is 0.325 e. The first-order chi connectivity index (χ1) is 25.9. The Labute approximate surface area is 329 Å². The molecule has 0 saturated carbocycles. The maximum atomic E-state index is 14.6. The van der Waals surface area contributed by atoms with Crippen molar-refractivity contribution < 1.29 is 19.1 Å². The van der Waals surface area contributed by atoms with E-state index in [9.17, 15) is 14.4 Å². The van der Waals surface area contributed by atoms with Crippen LogP contribution in [0.2, 0.25) is 0 Å². The molecule has 1 N–H and O–H groups in total. The lowest BCUT2D eigenvalue weighted by Gasteiger charge is -2.44. The van der Waals surface area contributed by atoms with Gasteiger partial charge in [0.1, 0.15) is 12.6 Å². The maximum Gasteiger partial charge on any atom is 0.325 e. The van der Waals surface area contributed by atoms with Gasteiger partial charge < -0.3 is 19.9 Å². The van der Waals surface area contributed by atoms with Crippen molar-refractivity contribution >= 4 is 17.8 Å². The number of amides is 2. The Morgan fingerprint density at radius 1 is 0.604 bits per heavy atom. The zero-order chi connectivity index (χ0) is 38.8. The van der Waals surface area contributed by atoms with E-state index < -0.39 is 12.0 Å². The van der Waals surface area contributed by atoms with Crippen LogP contribution in [0.3, 0.4) is 0 Å². The van der Waals surface area contributed by atoms with Gasteiger partial charge in [-0.3, -0.25) is 14.4 Å². The van der Waals surface area contributed by atoms with Crippen LogP contribution in [0.15, 0.2) is 0 Å². The summed E-state index contributed by atoms with van der Waals surface area (Å²) in [6, 6.07) is -0.480. The lowest BCUT2D eigenvalue weighted by atomic mass is 9.85. The van der Waals surface area contributed by atoms with Gasteiger partial charge in [0.15, 0.2) is 0 Å². The van der Waals surface area contributed by atoms with Gasteiger partial charge in [-0.1, -0.05) is 182 Å². The molecule has 2 amide bonds. The van der Waals surface area contributed by atoms with Gasteiger partial charge in [0.25, 0.3) is 0 Å². The Hall–Kier alpha value is -1.63. The predicted molar refractivity (Wildman–Crippen MR) is 225 cm³/mol. The van der Waals surface area contributed by atoms with Crippen molar-refractivity contribution in [3.05, 3.63) is 0 Å². The molecule has 53 heavy (non-hydrogen) atoms. The van der Waals surface area contributed by atoms with E-state index >= 15 is 0 Å². The summed E-state index contributed by atoms with van der Waals surface area (Å²) in [6.07, 6.45) is 35.4. The van der Waals surface area contributed by atoms with E-state index in [4.69, 9.17) is 4.74 Å². The molecule has 1 aliphatic heterocycles. The van der Waals surface area contributed by atoms with Gasteiger partial charge in [-0.15, -0.1) is 0 Å². The number of rotatable bonds is 36. The molecule has 0 radical (unpaired) electrons. The van der Waals surface area contributed by atoms with E-state index in [1.807, 2.05) is 0 Å². The van der Waals surface area contributed by atoms with Gasteiger partial charge in [-0.05, 0) is 64.6 Å². The number of nitrogens with zero attached hydrogens (tertiary/aromatic N) is 2. The van der Waals surface area contributed by atoms with Crippen LogP contribution in [0.1, 0.15) is 227 Å². The highest BCUT2D eigenvalue weighted by Gasteiger charge is 2.41. The van der Waals surface area contributed by atoms with E-state index in [0.717, 1.165) is 71.0 Å². The van der Waals surface area contributed by atoms with E-state index in [0.29, 0.717) is 6.42 Å². The summed E-state index contributed by atoms with van der Waals surface area (Å²) in [4.78, 5) is 45.9. The van der Waals surface area contributed by atoms with Crippen LogP contribution >= 0.6 is 0 Å². The fourth-order valence-corrected chi connectivity index (χ4v) is 8.38. The zero-order valence-corrected chi connectivity index (χ0v) is 36.0. The minimum absolute atomic E-state index is 0.0593. The number of carbonyl (C=O) groups excluding carboxylic acids is 3. The summed E-state index contributed by atoms with van der Waals surface area (Å²) in [5.41, 5.74) is 0. The number of unbranched alkanes of at least 4 members (excludes halogenated alkanes) is 22. The highest BCUT2D eigenvalue weighted by atomic mass is 16.5. The maximum absolute atomic E-state index is 14.6. The fourth-order valence-electron chi connectivity index (χ4n) is 8.38. The molecule has 312 valence electrons. The largest absolute Gasteiger partial charge is 0.465 e. The first-order valence-electron chi connectivity index (χ1n) is 23.4. The fraction of sp³-hybridized carbons (Fsp3) is 0.935. The van der Waals surface area contributed by atoms with Crippen molar-refractivity contribution in [1.29, 1.82) is 0 Å². The van der Waals surface area contributed by atoms with Crippen molar-refractivity contribution in [1.82, 2.24) is 15.1 Å². The van der Waals surface area contributed by atoms with Gasteiger partial charge in [0.05, 0.1) is 6.61 Å². The number of likely N-dealkylation sites (tertiary alicyclic amines) is 1. The molecular formula is C46H89N3O4. The molecule has 0 aromatic heterocycles. The number of hydrogen-bond donors (Lipinski definition) is 1. The van der Waals surface area contributed by atoms with Gasteiger partial charge in [-0.25, -0.2) is 0 Å². The van der Waals surface area contributed by atoms with Crippen LogP contribution in [-0.4, -0.2) is 72.5 Å². The Kier molecular flexibility index (Phi) is 32.5. The summed E-state index contributed by atoms with van der Waals surface area (Å²) in [6.45, 7) is 13.8. The number of piperidine rings is 1. The molecule has 0 aromatic carbocycles. The molecule has 0 bridgehead atoms. The van der Waals surface area contributed by atoms with Crippen LogP contribution in [0.25, 0.3) is 0 Å². The van der Waals surface area contributed by atoms with Crippen molar-refractivity contribution in [3.63, 3.8) is 0 Å². The van der Waals surface area contributed by atoms with Gasteiger partial charge >= 0.3 is 5.97 Å². The van der Waals surface area contributed by atoms with Gasteiger partial charge in [0.2, 0.25) is 11.8 Å². The summed E-state index contributed by atoms with van der Waals surface area (Å²) in [5, 5.41) is 2.96. The molecule has 1 fully saturated rings. The SMILES string of the molecule is CCCCCCCCCCCCCC(=O)N(C(CCCCCCCC)CCCCCCCCCC)C(C(=O)NCC(=O)OCC)C1CCN(CC)CC1. The van der Waals surface area contributed by atoms with Gasteiger partial charge in [-0.2, -0.15) is 0 Å². The number of carbonyl (C=O) groups is 3. The first kappa shape index (κ1) is 49.4. The number of esters is 1. The first-order valence-corrected chi connectivity index (χ1v) is 23.4. The molecule has 1 aliphatic rings. The highest BCUT2D eigenvalue weighted by Crippen LogP contribution is 2.31. The minimum atomic E-state index is -0.539. The summed E-state index contributed by atoms with van der Waals surface area (Å²) < 4.78 is 5.18. The Balaban J connectivity index is 3.18. The van der Waals surface area contributed by atoms with Crippen LogP contribution < -0.4 is 5.32 Å². The number of hydrogen-bond acceptors (Lipinski definition) is 5. The average Bonchev–Trinajstić information content (AvgIpc) is 3.16. The third-order valence-corrected chi connectivity index (χ3v) is 11.8. The third-order valence-electron chi connectivity index (χ3n) is 11.8. The molecule has 1 rings (SSSR count). The normalized spacial score (nSPS) is 15.0. The van der Waals surface area contributed by atoms with Crippen molar-refractivity contribution in [2.24, 2.45) is 5.92 Å². The molecule has 2 unspecified atom stereocenters. The van der Waals surface area contributed by atoms with Crippen molar-refractivity contribution in [2.75, 3.05) is 32.8 Å². The van der Waals surface area contributed by atoms with E-state index in [2.05, 4.69) is 42.8 Å². The summed E-state index contributed by atoms with van der Waals surface area (Å²) in [7, 11) is 0. The van der Waals surface area contributed by atoms with E-state index in [1.54, 1.807) is 6.92 Å². The second-order valence-corrected chi connectivity index (χ2v) is 16.3. The van der Waals surface area contributed by atoms with Crippen molar-refractivity contribution in [2.45, 2.75) is 239 Å². The molecular weight excluding hydrogens is 659 g/mol. The topological polar surface area (TPSA) is 79.0 Å². The lowest BCUT2D eigenvalue weighted by Crippen LogP contribution is -2.59. The zero-order valence-electron chi connectivity index (χ0n) is 36.0. The standard InChI is InChI=1S/C46H89N3O4/c1-6-11-14-17-20-22-23-24-26-29-32-35-43(50)49(42(33-30-27-19-16-13-8-3)34-31-28-25-21-18-15-12-7-2)45(41-36-38-48(9-4)39-37-41)46(52)47-40-44(51)53-10-5/h41-42,45H,6-40H2,1-5H3,(H,47,52). The van der Waals surface area contributed by atoms with Crippen LogP contribution in [0.4, 0.5) is 0 Å². The molecule has 0 aliphatic carbocycles. The third kappa shape index (κ3) is 24.5. The second kappa shape index (κ2) is 34.8. The molecule has 0 aromatic rings. The predicted octanol–water partition coefficient (Wildman–Crippen LogP) is 11.9. The lowest BCUT2D eigenvalue weighted by molar-refractivity contribution is -0.149. The number of nitrogens with one attached hydrogen (secondary N) is 1. The second-order valence-electron chi connectivity index (χ2n) is 16.3. The van der Waals surface area contributed by atoms with Crippen LogP contribution in [0, 0.1) is 5.92 Å². The Morgan fingerprint density at radius 3 is 1.43 bits per heavy atom. The summed E-state index contributed by atoms with van der Waals surface area (Å²) >= 11 is 0. The van der Waals surface area contributed by atoms with Crippen molar-refractivity contribution in [3.8, 4) is 0 Å². The summed E-state index contributed by atoms with van der Waals surface area (Å²) in [5.74, 6) is -0.330. The quantitative estimate of drug-likeness (QED) is 0.0510. The van der Waals surface area contributed by atoms with Crippen LogP contribution in [-0.2, 0) is 19.1 Å². The molecule has 1 heterocycles. The van der Waals surface area contributed by atoms with E-state index in [-0.39, 0.29) is 36.9 Å². The Morgan fingerprint density at radius 2 is 1.02 bits per heavy atom.